The Morgan fingerprint density at radius 3 is 2.40 bits per heavy atom. The van der Waals surface area contributed by atoms with E-state index in [2.05, 4.69) is 30.7 Å². The van der Waals surface area contributed by atoms with Gasteiger partial charge in [0, 0.05) is 10.5 Å². The molecule has 20 heavy (non-hydrogen) atoms. The Balaban J connectivity index is 3.31. The van der Waals surface area contributed by atoms with Gasteiger partial charge in [0.25, 0.3) is 0 Å². The minimum atomic E-state index is -0.532. The molecule has 0 aliphatic rings. The highest BCUT2D eigenvalue weighted by Gasteiger charge is 2.16. The molecule has 0 bridgehead atoms. The average Bonchev–Trinajstić information content (AvgIpc) is 2.38. The molecule has 0 saturated carbocycles. The molecule has 0 amide bonds. The number of rotatable bonds is 3. The maximum absolute atomic E-state index is 11.6. The van der Waals surface area contributed by atoms with Crippen LogP contribution in [0.5, 0.6) is 5.75 Å². The van der Waals surface area contributed by atoms with E-state index in [0.717, 1.165) is 0 Å². The summed E-state index contributed by atoms with van der Waals surface area (Å²) in [7, 11) is 2.70. The number of nitrogens with zero attached hydrogens (tertiary/aromatic N) is 2. The van der Waals surface area contributed by atoms with Gasteiger partial charge in [-0.1, -0.05) is 0 Å². The highest BCUT2D eigenvalue weighted by atomic mass is 79.9. The number of aliphatic imine (C=N–C) groups is 2. The van der Waals surface area contributed by atoms with Crippen molar-refractivity contribution < 1.29 is 14.3 Å². The smallest absolute Gasteiger partial charge is 0.341 e. The summed E-state index contributed by atoms with van der Waals surface area (Å²) in [6.07, 6.45) is 0. The third kappa shape index (κ3) is 3.85. The van der Waals surface area contributed by atoms with E-state index < -0.39 is 5.97 Å². The van der Waals surface area contributed by atoms with Crippen LogP contribution in [-0.2, 0) is 4.74 Å². The van der Waals surface area contributed by atoms with E-state index in [9.17, 15) is 4.79 Å². The van der Waals surface area contributed by atoms with E-state index in [0.29, 0.717) is 10.2 Å². The second kappa shape index (κ2) is 6.75. The number of nitrogens with two attached hydrogens (primary N) is 3. The van der Waals surface area contributed by atoms with Crippen LogP contribution < -0.4 is 21.9 Å². The number of carbonyl (C=O) groups excluding carboxylic acids is 1. The summed E-state index contributed by atoms with van der Waals surface area (Å²) < 4.78 is 10.3. The molecule has 8 nitrogen and oxygen atoms in total. The number of hydrogen-bond acceptors (Lipinski definition) is 4. The summed E-state index contributed by atoms with van der Waals surface area (Å²) in [6.45, 7) is 0. The summed E-state index contributed by atoms with van der Waals surface area (Å²) in [6, 6.07) is 3.01. The molecule has 108 valence electrons. The first-order valence-corrected chi connectivity index (χ1v) is 6.08. The Morgan fingerprint density at radius 1 is 1.25 bits per heavy atom. The number of benzene rings is 1. The van der Waals surface area contributed by atoms with Gasteiger partial charge >= 0.3 is 5.97 Å². The predicted molar refractivity (Wildman–Crippen MR) is 79.1 cm³/mol. The van der Waals surface area contributed by atoms with Gasteiger partial charge in [0.1, 0.15) is 11.3 Å². The van der Waals surface area contributed by atoms with Crippen molar-refractivity contribution >= 4 is 39.5 Å². The van der Waals surface area contributed by atoms with Gasteiger partial charge in [-0.05, 0) is 22.0 Å². The summed E-state index contributed by atoms with van der Waals surface area (Å²) in [5.41, 5.74) is 16.6. The molecule has 0 spiro atoms. The Kier molecular flexibility index (Phi) is 5.32. The quantitative estimate of drug-likeness (QED) is 0.414. The zero-order valence-electron chi connectivity index (χ0n) is 10.9. The average molecular weight is 344 g/mol. The SMILES string of the molecule is COC(=O)c1cc(Br)c(N=C(N)N=C(N)N)cc1OC. The molecule has 0 saturated heterocycles. The number of guanidine groups is 2. The highest BCUT2D eigenvalue weighted by molar-refractivity contribution is 9.10. The first kappa shape index (κ1) is 15.8. The molecule has 0 atom stereocenters. The van der Waals surface area contributed by atoms with Crippen molar-refractivity contribution in [1.82, 2.24) is 0 Å². The Hall–Kier alpha value is -2.29. The van der Waals surface area contributed by atoms with Crippen LogP contribution in [-0.4, -0.2) is 32.1 Å². The van der Waals surface area contributed by atoms with Gasteiger partial charge in [0.2, 0.25) is 5.96 Å². The Labute approximate surface area is 123 Å². The monoisotopic (exact) mass is 343 g/mol. The van der Waals surface area contributed by atoms with Gasteiger partial charge in [-0.2, -0.15) is 4.99 Å². The molecule has 9 heteroatoms. The zero-order valence-corrected chi connectivity index (χ0v) is 12.5. The van der Waals surface area contributed by atoms with Gasteiger partial charge in [-0.25, -0.2) is 9.79 Å². The molecule has 6 N–H and O–H groups in total. The van der Waals surface area contributed by atoms with Crippen LogP contribution in [0.3, 0.4) is 0 Å². The number of methoxy groups -OCH3 is 2. The molecule has 0 aliphatic carbocycles. The van der Waals surface area contributed by atoms with Crippen LogP contribution in [0.2, 0.25) is 0 Å². The predicted octanol–water partition coefficient (Wildman–Crippen LogP) is 0.464. The van der Waals surface area contributed by atoms with Gasteiger partial charge in [-0.15, -0.1) is 0 Å². The van der Waals surface area contributed by atoms with Gasteiger partial charge in [-0.3, -0.25) is 0 Å². The molecule has 0 fully saturated rings. The zero-order chi connectivity index (χ0) is 15.3. The molecule has 0 aromatic heterocycles. The van der Waals surface area contributed by atoms with Crippen LogP contribution in [0.1, 0.15) is 10.4 Å². The first-order chi connectivity index (χ1) is 9.38. The maximum Gasteiger partial charge on any atom is 0.341 e. The standard InChI is InChI=1S/C11H14BrN5O3/c1-19-8-4-7(16-11(15)17-10(13)14)6(12)3-5(8)9(18)20-2/h3-4H,1-2H3,(H6,13,14,15,16,17). The molecular formula is C11H14BrN5O3. The van der Waals surface area contributed by atoms with E-state index in [4.69, 9.17) is 21.9 Å². The van der Waals surface area contributed by atoms with Crippen LogP contribution in [0.15, 0.2) is 26.6 Å². The minimum Gasteiger partial charge on any atom is -0.496 e. The maximum atomic E-state index is 11.6. The Morgan fingerprint density at radius 2 is 1.90 bits per heavy atom. The van der Waals surface area contributed by atoms with Crippen LogP contribution >= 0.6 is 15.9 Å². The molecule has 0 heterocycles. The molecule has 1 aromatic rings. The minimum absolute atomic E-state index is 0.126. The summed E-state index contributed by atoms with van der Waals surface area (Å²) in [5.74, 6) is -0.578. The van der Waals surface area contributed by atoms with E-state index >= 15 is 0 Å². The fourth-order valence-electron chi connectivity index (χ4n) is 1.35. The molecule has 1 aromatic carbocycles. The van der Waals surface area contributed by atoms with Gasteiger partial charge < -0.3 is 26.7 Å². The summed E-state index contributed by atoms with van der Waals surface area (Å²) in [5, 5.41) is 0. The van der Waals surface area contributed by atoms with Gasteiger partial charge in [0.05, 0.1) is 19.9 Å². The fourth-order valence-corrected chi connectivity index (χ4v) is 1.78. The van der Waals surface area contributed by atoms with Crippen LogP contribution in [0.25, 0.3) is 0 Å². The first-order valence-electron chi connectivity index (χ1n) is 5.28. The lowest BCUT2D eigenvalue weighted by atomic mass is 10.2. The highest BCUT2D eigenvalue weighted by Crippen LogP contribution is 2.33. The summed E-state index contributed by atoms with van der Waals surface area (Å²) >= 11 is 3.27. The number of esters is 1. The van der Waals surface area contributed by atoms with Crippen LogP contribution in [0.4, 0.5) is 5.69 Å². The lowest BCUT2D eigenvalue weighted by molar-refractivity contribution is 0.0597. The van der Waals surface area contributed by atoms with Crippen molar-refractivity contribution in [1.29, 1.82) is 0 Å². The topological polar surface area (TPSA) is 138 Å². The van der Waals surface area contributed by atoms with Crippen molar-refractivity contribution in [2.45, 2.75) is 0 Å². The fraction of sp³-hybridized carbons (Fsp3) is 0.182. The molecule has 0 aliphatic heterocycles. The number of ether oxygens (including phenoxy) is 2. The molecular weight excluding hydrogens is 330 g/mol. The second-order valence-corrected chi connectivity index (χ2v) is 4.36. The molecule has 0 unspecified atom stereocenters. The van der Waals surface area contributed by atoms with Crippen molar-refractivity contribution in [3.8, 4) is 5.75 Å². The van der Waals surface area contributed by atoms with Crippen molar-refractivity contribution in [2.24, 2.45) is 27.2 Å². The largest absolute Gasteiger partial charge is 0.496 e. The number of carbonyl (C=O) groups is 1. The summed E-state index contributed by atoms with van der Waals surface area (Å²) in [4.78, 5) is 19.2. The van der Waals surface area contributed by atoms with Crippen LogP contribution in [0, 0.1) is 0 Å². The van der Waals surface area contributed by atoms with Crippen molar-refractivity contribution in [3.63, 3.8) is 0 Å². The van der Waals surface area contributed by atoms with E-state index in [-0.39, 0.29) is 23.2 Å². The van der Waals surface area contributed by atoms with Crippen molar-refractivity contribution in [2.75, 3.05) is 14.2 Å². The van der Waals surface area contributed by atoms with Crippen molar-refractivity contribution in [3.05, 3.63) is 22.2 Å². The lowest BCUT2D eigenvalue weighted by Gasteiger charge is -2.09. The second-order valence-electron chi connectivity index (χ2n) is 3.50. The Bertz CT molecular complexity index is 582. The van der Waals surface area contributed by atoms with Gasteiger partial charge in [0.15, 0.2) is 5.96 Å². The van der Waals surface area contributed by atoms with E-state index in [1.165, 1.54) is 26.4 Å². The lowest BCUT2D eigenvalue weighted by Crippen LogP contribution is -2.26. The normalized spacial score (nSPS) is 10.8. The number of hydrogen-bond donors (Lipinski definition) is 3. The number of halogens is 1. The molecule has 0 radical (unpaired) electrons. The van der Waals surface area contributed by atoms with E-state index in [1.807, 2.05) is 0 Å². The molecule has 1 rings (SSSR count). The third-order valence-electron chi connectivity index (χ3n) is 2.15. The third-order valence-corrected chi connectivity index (χ3v) is 2.79. The van der Waals surface area contributed by atoms with E-state index in [1.54, 1.807) is 0 Å².